The van der Waals surface area contributed by atoms with E-state index >= 15 is 0 Å². The van der Waals surface area contributed by atoms with Crippen molar-refractivity contribution in [2.75, 3.05) is 43.2 Å². The number of fused-ring (bicyclic) bond motifs is 1. The normalized spacial score (nSPS) is 14.1. The van der Waals surface area contributed by atoms with Crippen LogP contribution in [-0.4, -0.2) is 54.1 Å². The number of aromatic amines is 1. The SMILES string of the molecule is C(=NNc1c[nH]c2ccccc12)c1cc(N2CCOCC2)cc(OCCc2ccccn2)n1. The first-order valence-corrected chi connectivity index (χ1v) is 11.1. The second-order valence-electron chi connectivity index (χ2n) is 7.73. The number of hydrogen-bond acceptors (Lipinski definition) is 7. The molecule has 0 amide bonds. The number of H-pyrrole nitrogens is 1. The first-order valence-electron chi connectivity index (χ1n) is 11.1. The molecule has 2 N–H and O–H groups in total. The molecule has 1 aromatic carbocycles. The van der Waals surface area contributed by atoms with Crippen molar-refractivity contribution in [3.05, 3.63) is 78.4 Å². The smallest absolute Gasteiger partial charge is 0.215 e. The summed E-state index contributed by atoms with van der Waals surface area (Å²) in [6.45, 7) is 3.59. The fourth-order valence-corrected chi connectivity index (χ4v) is 3.79. The van der Waals surface area contributed by atoms with Gasteiger partial charge in [0.2, 0.25) is 5.88 Å². The van der Waals surface area contributed by atoms with Gasteiger partial charge in [-0.05, 0) is 24.3 Å². The molecule has 0 saturated carbocycles. The zero-order chi connectivity index (χ0) is 22.3. The summed E-state index contributed by atoms with van der Waals surface area (Å²) in [6, 6.07) is 18.0. The third-order valence-electron chi connectivity index (χ3n) is 5.49. The standard InChI is InChI=1S/C25H26N6O2/c1-2-7-23-22(6-1)24(18-27-23)30-28-17-20-15-21(31-10-13-32-14-11-31)16-25(29-20)33-12-8-19-5-3-4-9-26-19/h1-7,9,15-18,27,30H,8,10-14H2. The molecule has 4 heterocycles. The van der Waals surface area contributed by atoms with Crippen molar-refractivity contribution < 1.29 is 9.47 Å². The Kier molecular flexibility index (Phi) is 6.44. The summed E-state index contributed by atoms with van der Waals surface area (Å²) in [5.74, 6) is 0.573. The van der Waals surface area contributed by atoms with Gasteiger partial charge in [0, 0.05) is 60.3 Å². The van der Waals surface area contributed by atoms with Crippen molar-refractivity contribution in [2.24, 2.45) is 5.10 Å². The fourth-order valence-electron chi connectivity index (χ4n) is 3.79. The Morgan fingerprint density at radius 3 is 2.88 bits per heavy atom. The van der Waals surface area contributed by atoms with E-state index in [1.807, 2.05) is 54.7 Å². The number of nitrogens with zero attached hydrogens (tertiary/aromatic N) is 4. The lowest BCUT2D eigenvalue weighted by molar-refractivity contribution is 0.122. The van der Waals surface area contributed by atoms with Crippen molar-refractivity contribution in [1.29, 1.82) is 0 Å². The van der Waals surface area contributed by atoms with Crippen LogP contribution in [-0.2, 0) is 11.2 Å². The molecule has 0 spiro atoms. The van der Waals surface area contributed by atoms with Gasteiger partial charge in [-0.3, -0.25) is 10.4 Å². The van der Waals surface area contributed by atoms with E-state index in [0.717, 1.165) is 53.2 Å². The topological polar surface area (TPSA) is 87.7 Å². The highest BCUT2D eigenvalue weighted by Crippen LogP contribution is 2.24. The van der Waals surface area contributed by atoms with Crippen LogP contribution < -0.4 is 15.1 Å². The monoisotopic (exact) mass is 442 g/mol. The fraction of sp³-hybridized carbons (Fsp3) is 0.240. The highest BCUT2D eigenvalue weighted by molar-refractivity contribution is 5.92. The number of hydrazone groups is 1. The molecule has 3 aromatic heterocycles. The van der Waals surface area contributed by atoms with Crippen LogP contribution in [0.3, 0.4) is 0 Å². The van der Waals surface area contributed by atoms with E-state index in [1.54, 1.807) is 12.4 Å². The number of benzene rings is 1. The molecule has 0 radical (unpaired) electrons. The van der Waals surface area contributed by atoms with E-state index in [-0.39, 0.29) is 0 Å². The van der Waals surface area contributed by atoms with Crippen LogP contribution >= 0.6 is 0 Å². The molecule has 5 rings (SSSR count). The van der Waals surface area contributed by atoms with Crippen molar-refractivity contribution in [2.45, 2.75) is 6.42 Å². The number of rotatable bonds is 8. The van der Waals surface area contributed by atoms with Crippen LogP contribution in [0, 0.1) is 0 Å². The van der Waals surface area contributed by atoms with Gasteiger partial charge in [-0.1, -0.05) is 24.3 Å². The lowest BCUT2D eigenvalue weighted by Gasteiger charge is -2.29. The summed E-state index contributed by atoms with van der Waals surface area (Å²) < 4.78 is 11.5. The van der Waals surface area contributed by atoms with Crippen LogP contribution in [0.4, 0.5) is 11.4 Å². The van der Waals surface area contributed by atoms with Gasteiger partial charge in [0.05, 0.1) is 37.4 Å². The number of morpholine rings is 1. The molecule has 8 heteroatoms. The number of ether oxygens (including phenoxy) is 2. The quantitative estimate of drug-likeness (QED) is 0.318. The van der Waals surface area contributed by atoms with E-state index in [4.69, 9.17) is 9.47 Å². The second kappa shape index (κ2) is 10.1. The van der Waals surface area contributed by atoms with Crippen molar-refractivity contribution in [3.63, 3.8) is 0 Å². The van der Waals surface area contributed by atoms with E-state index in [2.05, 4.69) is 36.4 Å². The predicted molar refractivity (Wildman–Crippen MR) is 130 cm³/mol. The zero-order valence-corrected chi connectivity index (χ0v) is 18.3. The lowest BCUT2D eigenvalue weighted by atomic mass is 10.2. The molecule has 4 aromatic rings. The van der Waals surface area contributed by atoms with Crippen LogP contribution in [0.1, 0.15) is 11.4 Å². The minimum absolute atomic E-state index is 0.501. The van der Waals surface area contributed by atoms with E-state index in [0.29, 0.717) is 25.7 Å². The highest BCUT2D eigenvalue weighted by atomic mass is 16.5. The first kappa shape index (κ1) is 21.0. The molecule has 1 aliphatic rings. The Hall–Kier alpha value is -3.91. The second-order valence-corrected chi connectivity index (χ2v) is 7.73. The minimum Gasteiger partial charge on any atom is -0.477 e. The Bertz CT molecular complexity index is 1220. The minimum atomic E-state index is 0.501. The molecule has 0 atom stereocenters. The lowest BCUT2D eigenvalue weighted by Crippen LogP contribution is -2.36. The maximum atomic E-state index is 6.00. The van der Waals surface area contributed by atoms with Gasteiger partial charge in [-0.25, -0.2) is 4.98 Å². The summed E-state index contributed by atoms with van der Waals surface area (Å²) in [4.78, 5) is 14.5. The molecular weight excluding hydrogens is 416 g/mol. The van der Waals surface area contributed by atoms with Crippen molar-refractivity contribution >= 4 is 28.5 Å². The Morgan fingerprint density at radius 2 is 2.00 bits per heavy atom. The van der Waals surface area contributed by atoms with Gasteiger partial charge in [0.15, 0.2) is 0 Å². The summed E-state index contributed by atoms with van der Waals surface area (Å²) in [5.41, 5.74) is 7.86. The molecular formula is C25H26N6O2. The molecule has 8 nitrogen and oxygen atoms in total. The molecule has 0 bridgehead atoms. The number of para-hydroxylation sites is 1. The predicted octanol–water partition coefficient (Wildman–Crippen LogP) is 3.86. The van der Waals surface area contributed by atoms with Crippen molar-refractivity contribution in [1.82, 2.24) is 15.0 Å². The number of pyridine rings is 2. The van der Waals surface area contributed by atoms with Gasteiger partial charge in [0.1, 0.15) is 0 Å². The Morgan fingerprint density at radius 1 is 1.12 bits per heavy atom. The van der Waals surface area contributed by atoms with Gasteiger partial charge < -0.3 is 19.4 Å². The maximum absolute atomic E-state index is 6.00. The van der Waals surface area contributed by atoms with Crippen LogP contribution in [0.2, 0.25) is 0 Å². The number of aromatic nitrogens is 3. The highest BCUT2D eigenvalue weighted by Gasteiger charge is 2.14. The van der Waals surface area contributed by atoms with E-state index < -0.39 is 0 Å². The van der Waals surface area contributed by atoms with Gasteiger partial charge in [-0.2, -0.15) is 5.10 Å². The molecule has 0 unspecified atom stereocenters. The molecule has 33 heavy (non-hydrogen) atoms. The van der Waals surface area contributed by atoms with Gasteiger partial charge >= 0.3 is 0 Å². The largest absolute Gasteiger partial charge is 0.477 e. The van der Waals surface area contributed by atoms with Gasteiger partial charge in [-0.15, -0.1) is 0 Å². The number of anilines is 2. The third kappa shape index (κ3) is 5.30. The Balaban J connectivity index is 1.32. The van der Waals surface area contributed by atoms with Crippen LogP contribution in [0.15, 0.2) is 72.1 Å². The van der Waals surface area contributed by atoms with E-state index in [1.165, 1.54) is 0 Å². The van der Waals surface area contributed by atoms with Gasteiger partial charge in [0.25, 0.3) is 0 Å². The third-order valence-corrected chi connectivity index (χ3v) is 5.49. The average Bonchev–Trinajstić information content (AvgIpc) is 3.28. The molecule has 1 aliphatic heterocycles. The molecule has 1 fully saturated rings. The summed E-state index contributed by atoms with van der Waals surface area (Å²) in [7, 11) is 0. The summed E-state index contributed by atoms with van der Waals surface area (Å²) >= 11 is 0. The van der Waals surface area contributed by atoms with E-state index in [9.17, 15) is 0 Å². The molecule has 168 valence electrons. The molecule has 1 saturated heterocycles. The maximum Gasteiger partial charge on any atom is 0.215 e. The summed E-state index contributed by atoms with van der Waals surface area (Å²) in [6.07, 6.45) is 6.14. The molecule has 0 aliphatic carbocycles. The van der Waals surface area contributed by atoms with Crippen LogP contribution in [0.5, 0.6) is 5.88 Å². The van der Waals surface area contributed by atoms with Crippen molar-refractivity contribution in [3.8, 4) is 5.88 Å². The average molecular weight is 443 g/mol. The first-order chi connectivity index (χ1) is 16.3. The number of nitrogens with one attached hydrogen (secondary N) is 2. The number of hydrogen-bond donors (Lipinski definition) is 2. The van der Waals surface area contributed by atoms with Crippen LogP contribution in [0.25, 0.3) is 10.9 Å². The summed E-state index contributed by atoms with van der Waals surface area (Å²) in [5, 5.41) is 5.51. The zero-order valence-electron chi connectivity index (χ0n) is 18.3. The Labute approximate surface area is 192 Å².